The number of hydrogen-bond acceptors (Lipinski definition) is 3. The highest BCUT2D eigenvalue weighted by molar-refractivity contribution is 6.65. The molecule has 4 rings (SSSR count). The lowest BCUT2D eigenvalue weighted by atomic mass is 9.86. The van der Waals surface area contributed by atoms with E-state index < -0.39 is 5.92 Å². The number of ketones is 1. The summed E-state index contributed by atoms with van der Waals surface area (Å²) in [5, 5.41) is 13.0. The van der Waals surface area contributed by atoms with E-state index in [1.807, 2.05) is 91.0 Å². The molecular formula is C23H17NO2. The van der Waals surface area contributed by atoms with Crippen LogP contribution in [-0.4, -0.2) is 16.7 Å². The Hall–Kier alpha value is -3.46. The number of oxime groups is 1. The van der Waals surface area contributed by atoms with Gasteiger partial charge in [0.15, 0.2) is 11.5 Å². The van der Waals surface area contributed by atoms with Gasteiger partial charge in [0.25, 0.3) is 0 Å². The molecular weight excluding hydrogens is 322 g/mol. The van der Waals surface area contributed by atoms with Gasteiger partial charge in [-0.1, -0.05) is 96.2 Å². The SMILES string of the molecule is O=C1/C(=N/O)C(c2ccccc2)=C(c2ccccc2)[C@@H]1c1ccccc1. The van der Waals surface area contributed by atoms with Gasteiger partial charge in [-0.3, -0.25) is 4.79 Å². The van der Waals surface area contributed by atoms with Crippen LogP contribution in [0.15, 0.2) is 96.2 Å². The van der Waals surface area contributed by atoms with Crippen LogP contribution < -0.4 is 0 Å². The van der Waals surface area contributed by atoms with Gasteiger partial charge >= 0.3 is 0 Å². The summed E-state index contributed by atoms with van der Waals surface area (Å²) in [7, 11) is 0. The molecule has 0 heterocycles. The monoisotopic (exact) mass is 339 g/mol. The summed E-state index contributed by atoms with van der Waals surface area (Å²) in [4.78, 5) is 13.2. The number of hydrogen-bond donors (Lipinski definition) is 1. The highest BCUT2D eigenvalue weighted by Crippen LogP contribution is 2.45. The van der Waals surface area contributed by atoms with Crippen molar-refractivity contribution in [1.82, 2.24) is 0 Å². The predicted molar refractivity (Wildman–Crippen MR) is 103 cm³/mol. The lowest BCUT2D eigenvalue weighted by Crippen LogP contribution is -2.16. The molecule has 1 N–H and O–H groups in total. The molecule has 0 bridgehead atoms. The third-order valence-electron chi connectivity index (χ3n) is 4.67. The highest BCUT2D eigenvalue weighted by Gasteiger charge is 2.41. The van der Waals surface area contributed by atoms with Crippen molar-refractivity contribution in [2.45, 2.75) is 5.92 Å². The van der Waals surface area contributed by atoms with Crippen molar-refractivity contribution in [3.63, 3.8) is 0 Å². The van der Waals surface area contributed by atoms with Crippen LogP contribution in [0.1, 0.15) is 22.6 Å². The molecule has 3 heteroatoms. The van der Waals surface area contributed by atoms with Crippen LogP contribution in [0.3, 0.4) is 0 Å². The third kappa shape index (κ3) is 2.64. The topological polar surface area (TPSA) is 49.7 Å². The predicted octanol–water partition coefficient (Wildman–Crippen LogP) is 4.79. The van der Waals surface area contributed by atoms with Crippen LogP contribution in [0.25, 0.3) is 11.1 Å². The Bertz CT molecular complexity index is 990. The second-order valence-corrected chi connectivity index (χ2v) is 6.18. The second kappa shape index (κ2) is 6.81. The molecule has 0 saturated heterocycles. The smallest absolute Gasteiger partial charge is 0.197 e. The maximum atomic E-state index is 13.2. The summed E-state index contributed by atoms with van der Waals surface area (Å²) >= 11 is 0. The van der Waals surface area contributed by atoms with E-state index in [0.717, 1.165) is 22.3 Å². The molecule has 126 valence electrons. The van der Waals surface area contributed by atoms with Crippen LogP contribution in [0.2, 0.25) is 0 Å². The van der Waals surface area contributed by atoms with Gasteiger partial charge in [0, 0.05) is 5.57 Å². The Kier molecular flexibility index (Phi) is 4.20. The number of benzene rings is 3. The van der Waals surface area contributed by atoms with E-state index in [0.29, 0.717) is 5.57 Å². The fourth-order valence-corrected chi connectivity index (χ4v) is 3.55. The Morgan fingerprint density at radius 2 is 1.19 bits per heavy atom. The maximum Gasteiger partial charge on any atom is 0.197 e. The molecule has 1 aliphatic carbocycles. The number of nitrogens with zero attached hydrogens (tertiary/aromatic N) is 1. The van der Waals surface area contributed by atoms with E-state index in [9.17, 15) is 10.0 Å². The van der Waals surface area contributed by atoms with Gasteiger partial charge in [0.05, 0.1) is 5.92 Å². The summed E-state index contributed by atoms with van der Waals surface area (Å²) in [6.07, 6.45) is 0. The zero-order valence-electron chi connectivity index (χ0n) is 14.0. The maximum absolute atomic E-state index is 13.2. The van der Waals surface area contributed by atoms with Crippen molar-refractivity contribution < 1.29 is 10.0 Å². The molecule has 1 atom stereocenters. The quantitative estimate of drug-likeness (QED) is 0.551. The van der Waals surface area contributed by atoms with Gasteiger partial charge in [-0.2, -0.15) is 0 Å². The minimum Gasteiger partial charge on any atom is -0.410 e. The first-order chi connectivity index (χ1) is 12.8. The average Bonchev–Trinajstić information content (AvgIpc) is 3.02. The second-order valence-electron chi connectivity index (χ2n) is 6.18. The normalized spacial score (nSPS) is 18.5. The summed E-state index contributed by atoms with van der Waals surface area (Å²) < 4.78 is 0. The summed E-state index contributed by atoms with van der Waals surface area (Å²) in [6, 6.07) is 29.1. The minimum absolute atomic E-state index is 0.115. The molecule has 1 aliphatic rings. The third-order valence-corrected chi connectivity index (χ3v) is 4.67. The van der Waals surface area contributed by atoms with Gasteiger partial charge in [0.1, 0.15) is 0 Å². The van der Waals surface area contributed by atoms with Crippen LogP contribution in [-0.2, 0) is 4.79 Å². The van der Waals surface area contributed by atoms with Crippen LogP contribution >= 0.6 is 0 Å². The van der Waals surface area contributed by atoms with Crippen molar-refractivity contribution in [3.05, 3.63) is 108 Å². The molecule has 0 unspecified atom stereocenters. The van der Waals surface area contributed by atoms with Crippen molar-refractivity contribution >= 4 is 22.6 Å². The molecule has 0 amide bonds. The number of rotatable bonds is 3. The molecule has 3 nitrogen and oxygen atoms in total. The van der Waals surface area contributed by atoms with Gasteiger partial charge in [-0.15, -0.1) is 0 Å². The first-order valence-electron chi connectivity index (χ1n) is 8.48. The van der Waals surface area contributed by atoms with Gasteiger partial charge in [-0.25, -0.2) is 0 Å². The summed E-state index contributed by atoms with van der Waals surface area (Å²) in [5.41, 5.74) is 4.39. The van der Waals surface area contributed by atoms with Crippen molar-refractivity contribution in [3.8, 4) is 0 Å². The van der Waals surface area contributed by atoms with Crippen LogP contribution in [0, 0.1) is 0 Å². The van der Waals surface area contributed by atoms with Crippen molar-refractivity contribution in [2.24, 2.45) is 5.16 Å². The Morgan fingerprint density at radius 1 is 0.692 bits per heavy atom. The number of carbonyl (C=O) groups is 1. The zero-order chi connectivity index (χ0) is 17.9. The lowest BCUT2D eigenvalue weighted by molar-refractivity contribution is -0.112. The Balaban J connectivity index is 2.04. The average molecular weight is 339 g/mol. The molecule has 0 radical (unpaired) electrons. The van der Waals surface area contributed by atoms with E-state index in [1.165, 1.54) is 0 Å². The number of carbonyl (C=O) groups excluding carboxylic acids is 1. The molecule has 0 spiro atoms. The molecule has 3 aromatic rings. The summed E-state index contributed by atoms with van der Waals surface area (Å²) in [5.74, 6) is -0.670. The Labute approximate surface area is 151 Å². The Morgan fingerprint density at radius 3 is 1.73 bits per heavy atom. The van der Waals surface area contributed by atoms with E-state index in [4.69, 9.17) is 0 Å². The van der Waals surface area contributed by atoms with Crippen molar-refractivity contribution in [1.29, 1.82) is 0 Å². The molecule has 26 heavy (non-hydrogen) atoms. The first kappa shape index (κ1) is 16.0. The van der Waals surface area contributed by atoms with Gasteiger partial charge in [-0.05, 0) is 22.3 Å². The largest absolute Gasteiger partial charge is 0.410 e. The van der Waals surface area contributed by atoms with E-state index in [-0.39, 0.29) is 11.5 Å². The number of Topliss-reactive ketones (excluding diaryl/α,β-unsaturated/α-hetero) is 1. The summed E-state index contributed by atoms with van der Waals surface area (Å²) in [6.45, 7) is 0. The molecule has 0 aromatic heterocycles. The zero-order valence-corrected chi connectivity index (χ0v) is 14.0. The molecule has 0 saturated carbocycles. The van der Waals surface area contributed by atoms with Crippen molar-refractivity contribution in [2.75, 3.05) is 0 Å². The van der Waals surface area contributed by atoms with Crippen LogP contribution in [0.4, 0.5) is 0 Å². The molecule has 3 aromatic carbocycles. The standard InChI is InChI=1S/C23H17NO2/c25-23-21(18-14-8-3-9-15-18)19(16-10-4-1-5-11-16)20(22(23)24-26)17-12-6-2-7-13-17/h1-15,21,26H/b24-22+/t21-/m0/s1. The minimum atomic E-state index is -0.486. The fourth-order valence-electron chi connectivity index (χ4n) is 3.55. The van der Waals surface area contributed by atoms with E-state index in [2.05, 4.69) is 5.16 Å². The highest BCUT2D eigenvalue weighted by atomic mass is 16.4. The van der Waals surface area contributed by atoms with Crippen LogP contribution in [0.5, 0.6) is 0 Å². The lowest BCUT2D eigenvalue weighted by Gasteiger charge is -2.15. The fraction of sp³-hybridized carbons (Fsp3) is 0.0435. The first-order valence-corrected chi connectivity index (χ1v) is 8.48. The van der Waals surface area contributed by atoms with E-state index >= 15 is 0 Å². The van der Waals surface area contributed by atoms with Gasteiger partial charge < -0.3 is 5.21 Å². The van der Waals surface area contributed by atoms with E-state index in [1.54, 1.807) is 0 Å². The molecule has 0 fully saturated rings. The molecule has 0 aliphatic heterocycles. The van der Waals surface area contributed by atoms with Gasteiger partial charge in [0.2, 0.25) is 0 Å². The number of allylic oxidation sites excluding steroid dienone is 2.